The number of hydrogen-bond donors (Lipinski definition) is 0. The number of sulfone groups is 1. The van der Waals surface area contributed by atoms with Gasteiger partial charge in [0.1, 0.15) is 17.6 Å². The van der Waals surface area contributed by atoms with E-state index in [4.69, 9.17) is 16.3 Å². The van der Waals surface area contributed by atoms with Crippen molar-refractivity contribution in [1.29, 1.82) is 0 Å². The highest BCUT2D eigenvalue weighted by Gasteiger charge is 2.31. The number of esters is 1. The molecule has 2 heterocycles. The molecule has 0 N–H and O–H groups in total. The van der Waals surface area contributed by atoms with Crippen molar-refractivity contribution < 1.29 is 22.3 Å². The van der Waals surface area contributed by atoms with Crippen molar-refractivity contribution in [1.82, 2.24) is 9.78 Å². The third-order valence-corrected chi connectivity index (χ3v) is 6.47. The summed E-state index contributed by atoms with van der Waals surface area (Å²) in [5.74, 6) is -0.979. The fourth-order valence-electron chi connectivity index (χ4n) is 2.90. The number of nitrogens with zero attached hydrogens (tertiary/aromatic N) is 2. The second-order valence-corrected chi connectivity index (χ2v) is 8.91. The van der Waals surface area contributed by atoms with Gasteiger partial charge in [0.25, 0.3) is 0 Å². The summed E-state index contributed by atoms with van der Waals surface area (Å²) in [5.41, 5.74) is 1.37. The van der Waals surface area contributed by atoms with Gasteiger partial charge in [-0.2, -0.15) is 5.10 Å². The van der Waals surface area contributed by atoms with Gasteiger partial charge in [-0.25, -0.2) is 22.3 Å². The van der Waals surface area contributed by atoms with Crippen molar-refractivity contribution in [2.24, 2.45) is 0 Å². The molecule has 0 saturated carbocycles. The quantitative estimate of drug-likeness (QED) is 0.557. The first-order valence-electron chi connectivity index (χ1n) is 8.30. The van der Waals surface area contributed by atoms with E-state index in [0.29, 0.717) is 17.7 Å². The molecule has 1 aliphatic heterocycles. The third kappa shape index (κ3) is 4.56. The molecule has 144 valence electrons. The third-order valence-electron chi connectivity index (χ3n) is 4.34. The first-order chi connectivity index (χ1) is 12.8. The monoisotopic (exact) mass is 412 g/mol. The summed E-state index contributed by atoms with van der Waals surface area (Å²) in [7, 11) is -3.07. The molecule has 0 amide bonds. The van der Waals surface area contributed by atoms with E-state index < -0.39 is 21.6 Å². The van der Waals surface area contributed by atoms with E-state index in [-0.39, 0.29) is 34.9 Å². The maximum absolute atomic E-state index is 13.5. The van der Waals surface area contributed by atoms with Crippen LogP contribution in [-0.4, -0.2) is 35.7 Å². The van der Waals surface area contributed by atoms with Crippen LogP contribution in [0.15, 0.2) is 30.3 Å². The van der Waals surface area contributed by atoms with Gasteiger partial charge in [-0.05, 0) is 25.5 Å². The molecule has 1 saturated heterocycles. The average molecular weight is 413 g/mol. The zero-order chi connectivity index (χ0) is 19.6. The number of rotatable bonds is 5. The molecular formula is C18H18ClFN2O4S. The molecule has 2 aromatic rings. The van der Waals surface area contributed by atoms with E-state index in [0.717, 1.165) is 0 Å². The molecule has 1 aliphatic rings. The lowest BCUT2D eigenvalue weighted by molar-refractivity contribution is -0.138. The Morgan fingerprint density at radius 2 is 2.19 bits per heavy atom. The Morgan fingerprint density at radius 1 is 1.44 bits per heavy atom. The molecule has 1 aromatic heterocycles. The summed E-state index contributed by atoms with van der Waals surface area (Å²) >= 11 is 6.33. The predicted molar refractivity (Wildman–Crippen MR) is 99.5 cm³/mol. The van der Waals surface area contributed by atoms with Gasteiger partial charge in [-0.15, -0.1) is 0 Å². The van der Waals surface area contributed by atoms with E-state index >= 15 is 0 Å². The Kier molecular flexibility index (Phi) is 5.67. The molecule has 27 heavy (non-hydrogen) atoms. The minimum Gasteiger partial charge on any atom is -0.458 e. The molecule has 1 fully saturated rings. The van der Waals surface area contributed by atoms with Crippen LogP contribution in [0.2, 0.25) is 5.15 Å². The number of benzene rings is 1. The number of aryl methyl sites for hydroxylation is 1. The minimum absolute atomic E-state index is 0.00166. The van der Waals surface area contributed by atoms with Crippen LogP contribution in [-0.2, 0) is 26.0 Å². The smallest absolute Gasteiger partial charge is 0.331 e. The van der Waals surface area contributed by atoms with Crippen molar-refractivity contribution in [2.75, 3.05) is 11.5 Å². The van der Waals surface area contributed by atoms with Crippen LogP contribution in [0.1, 0.15) is 29.3 Å². The Balaban J connectivity index is 1.68. The SMILES string of the molecule is Cc1nn([C@H]2CCS(=O)(=O)C2)c(Cl)c1/C=C/C(=O)OCc1ccccc1F. The fourth-order valence-corrected chi connectivity index (χ4v) is 4.96. The summed E-state index contributed by atoms with van der Waals surface area (Å²) < 4.78 is 43.4. The van der Waals surface area contributed by atoms with Crippen molar-refractivity contribution in [3.05, 3.63) is 58.1 Å². The maximum Gasteiger partial charge on any atom is 0.331 e. The Hall–Kier alpha value is -2.19. The molecule has 0 spiro atoms. The Morgan fingerprint density at radius 3 is 2.85 bits per heavy atom. The van der Waals surface area contributed by atoms with Crippen molar-refractivity contribution >= 4 is 33.5 Å². The predicted octanol–water partition coefficient (Wildman–Crippen LogP) is 3.10. The van der Waals surface area contributed by atoms with E-state index in [1.54, 1.807) is 19.1 Å². The van der Waals surface area contributed by atoms with Gasteiger partial charge in [0.2, 0.25) is 0 Å². The van der Waals surface area contributed by atoms with Gasteiger partial charge in [0.05, 0.1) is 23.2 Å². The van der Waals surface area contributed by atoms with Gasteiger partial charge < -0.3 is 4.74 Å². The van der Waals surface area contributed by atoms with Crippen LogP contribution in [0.4, 0.5) is 4.39 Å². The second kappa shape index (κ2) is 7.82. The van der Waals surface area contributed by atoms with Crippen LogP contribution in [0.5, 0.6) is 0 Å². The van der Waals surface area contributed by atoms with Crippen molar-refractivity contribution in [3.63, 3.8) is 0 Å². The molecule has 0 aliphatic carbocycles. The summed E-state index contributed by atoms with van der Waals surface area (Å²) in [6.45, 7) is 1.54. The maximum atomic E-state index is 13.5. The number of ether oxygens (including phenoxy) is 1. The highest BCUT2D eigenvalue weighted by molar-refractivity contribution is 7.91. The molecule has 0 unspecified atom stereocenters. The van der Waals surface area contributed by atoms with Crippen molar-refractivity contribution in [2.45, 2.75) is 26.0 Å². The molecule has 1 aromatic carbocycles. The Bertz CT molecular complexity index is 1000. The van der Waals surface area contributed by atoms with Gasteiger partial charge in [-0.1, -0.05) is 29.8 Å². The highest BCUT2D eigenvalue weighted by Crippen LogP contribution is 2.30. The minimum atomic E-state index is -3.07. The molecular weight excluding hydrogens is 395 g/mol. The summed E-state index contributed by atoms with van der Waals surface area (Å²) in [6, 6.07) is 5.73. The standard InChI is InChI=1S/C18H18ClFN2O4S/c1-12-15(18(19)22(21-12)14-8-9-27(24,25)11-14)6-7-17(23)26-10-13-4-2-3-5-16(13)20/h2-7,14H,8-11H2,1H3/b7-6+/t14-/m0/s1. The topological polar surface area (TPSA) is 78.3 Å². The van der Waals surface area contributed by atoms with Gasteiger partial charge in [0.15, 0.2) is 9.84 Å². The average Bonchev–Trinajstić information content (AvgIpc) is 3.11. The summed E-state index contributed by atoms with van der Waals surface area (Å²) in [6.07, 6.45) is 3.11. The molecule has 1 atom stereocenters. The first kappa shape index (κ1) is 19.6. The molecule has 3 rings (SSSR count). The molecule has 6 nitrogen and oxygen atoms in total. The lowest BCUT2D eigenvalue weighted by Gasteiger charge is -2.09. The second-order valence-electron chi connectivity index (χ2n) is 6.32. The number of hydrogen-bond acceptors (Lipinski definition) is 5. The van der Waals surface area contributed by atoms with Crippen LogP contribution in [0.25, 0.3) is 6.08 Å². The van der Waals surface area contributed by atoms with E-state index in [1.165, 1.54) is 29.0 Å². The van der Waals surface area contributed by atoms with E-state index in [1.807, 2.05) is 0 Å². The first-order valence-corrected chi connectivity index (χ1v) is 10.5. The zero-order valence-electron chi connectivity index (χ0n) is 14.6. The largest absolute Gasteiger partial charge is 0.458 e. The lowest BCUT2D eigenvalue weighted by Crippen LogP contribution is -2.12. The van der Waals surface area contributed by atoms with Gasteiger partial charge in [-0.3, -0.25) is 0 Å². The fraction of sp³-hybridized carbons (Fsp3) is 0.333. The van der Waals surface area contributed by atoms with E-state index in [2.05, 4.69) is 5.10 Å². The van der Waals surface area contributed by atoms with Gasteiger partial charge >= 0.3 is 5.97 Å². The van der Waals surface area contributed by atoms with Crippen LogP contribution in [0, 0.1) is 12.7 Å². The Labute approximate surface area is 161 Å². The number of carbonyl (C=O) groups is 1. The number of aromatic nitrogens is 2. The summed E-state index contributed by atoms with van der Waals surface area (Å²) in [4.78, 5) is 11.9. The molecule has 0 radical (unpaired) electrons. The lowest BCUT2D eigenvalue weighted by atomic mass is 10.2. The van der Waals surface area contributed by atoms with Crippen LogP contribution >= 0.6 is 11.6 Å². The van der Waals surface area contributed by atoms with Crippen molar-refractivity contribution in [3.8, 4) is 0 Å². The molecule has 0 bridgehead atoms. The summed E-state index contributed by atoms with van der Waals surface area (Å²) in [5, 5.41) is 4.58. The highest BCUT2D eigenvalue weighted by atomic mass is 35.5. The van der Waals surface area contributed by atoms with Crippen LogP contribution in [0.3, 0.4) is 0 Å². The van der Waals surface area contributed by atoms with E-state index in [9.17, 15) is 17.6 Å². The van der Waals surface area contributed by atoms with Crippen LogP contribution < -0.4 is 0 Å². The normalized spacial score (nSPS) is 18.9. The number of halogens is 2. The number of carbonyl (C=O) groups excluding carboxylic acids is 1. The zero-order valence-corrected chi connectivity index (χ0v) is 16.1. The van der Waals surface area contributed by atoms with Gasteiger partial charge in [0, 0.05) is 17.2 Å². The molecule has 9 heteroatoms.